The Bertz CT molecular complexity index is 2500. The van der Waals surface area contributed by atoms with Gasteiger partial charge in [-0.25, -0.2) is 0 Å². The molecule has 282 valence electrons. The molecule has 0 aliphatic carbocycles. The van der Waals surface area contributed by atoms with E-state index < -0.39 is 0 Å². The lowest BCUT2D eigenvalue weighted by atomic mass is 9.33. The van der Waals surface area contributed by atoms with E-state index in [9.17, 15) is 0 Å². The van der Waals surface area contributed by atoms with E-state index >= 15 is 0 Å². The number of fused-ring (bicyclic) bond motifs is 5. The minimum atomic E-state index is -0.0365. The smallest absolute Gasteiger partial charge is 0.252 e. The largest absolute Gasteiger partial charge is 0.486 e. The molecule has 3 aliphatic heterocycles. The third-order valence-corrected chi connectivity index (χ3v) is 11.9. The number of benzene rings is 6. The quantitative estimate of drug-likeness (QED) is 0.169. The lowest BCUT2D eigenvalue weighted by Gasteiger charge is -2.45. The number of rotatable bonds is 3. The standard InChI is InChI=1S/C51H53BN2O2/c1-32-26-43-47-44(27-32)54(45-28-34(33-14-12-11-13-15-33)29-46-48(45)56-25-24-55-46)42-23-19-37(51(8,9)10)31-40(42)52(47)39-30-36(50(5,6)7)18-22-41(39)53(43)38-20-16-35(17-21-38)49(2,3)4/h11-23,26-31H,24-25H2,1-10H3. The maximum Gasteiger partial charge on any atom is 0.252 e. The first-order chi connectivity index (χ1) is 26.6. The Hall–Kier alpha value is -5.42. The van der Waals surface area contributed by atoms with Gasteiger partial charge in [0.1, 0.15) is 13.2 Å². The predicted octanol–water partition coefficient (Wildman–Crippen LogP) is 11.4. The summed E-state index contributed by atoms with van der Waals surface area (Å²) in [4.78, 5) is 4.99. The van der Waals surface area contributed by atoms with Crippen LogP contribution >= 0.6 is 0 Å². The van der Waals surface area contributed by atoms with E-state index in [0.29, 0.717) is 13.2 Å². The molecule has 0 unspecified atom stereocenters. The van der Waals surface area contributed by atoms with Crippen molar-refractivity contribution in [3.8, 4) is 22.6 Å². The fourth-order valence-corrected chi connectivity index (χ4v) is 8.82. The molecule has 0 saturated carbocycles. The van der Waals surface area contributed by atoms with Crippen LogP contribution in [0.5, 0.6) is 11.5 Å². The highest BCUT2D eigenvalue weighted by molar-refractivity contribution is 7.00. The summed E-state index contributed by atoms with van der Waals surface area (Å²) in [6, 6.07) is 43.5. The zero-order valence-electron chi connectivity index (χ0n) is 34.7. The molecule has 0 bridgehead atoms. The zero-order chi connectivity index (χ0) is 39.3. The molecule has 0 radical (unpaired) electrons. The van der Waals surface area contributed by atoms with Crippen LogP contribution in [-0.4, -0.2) is 19.9 Å². The molecule has 0 atom stereocenters. The first-order valence-corrected chi connectivity index (χ1v) is 20.2. The van der Waals surface area contributed by atoms with Crippen LogP contribution in [0.25, 0.3) is 11.1 Å². The summed E-state index contributed by atoms with van der Waals surface area (Å²) in [5.41, 5.74) is 18.3. The van der Waals surface area contributed by atoms with Gasteiger partial charge in [0.25, 0.3) is 6.71 Å². The summed E-state index contributed by atoms with van der Waals surface area (Å²) in [6.45, 7) is 24.0. The molecule has 0 spiro atoms. The maximum atomic E-state index is 6.60. The van der Waals surface area contributed by atoms with E-state index in [0.717, 1.165) is 34.0 Å². The van der Waals surface area contributed by atoms with Crippen LogP contribution in [0.4, 0.5) is 34.1 Å². The minimum Gasteiger partial charge on any atom is -0.486 e. The van der Waals surface area contributed by atoms with Crippen molar-refractivity contribution in [3.05, 3.63) is 138 Å². The monoisotopic (exact) mass is 736 g/mol. The van der Waals surface area contributed by atoms with E-state index in [1.807, 2.05) is 0 Å². The van der Waals surface area contributed by atoms with Gasteiger partial charge in [-0.15, -0.1) is 0 Å². The van der Waals surface area contributed by atoms with Crippen molar-refractivity contribution in [2.75, 3.05) is 23.0 Å². The molecule has 0 amide bonds. The van der Waals surface area contributed by atoms with Gasteiger partial charge in [-0.2, -0.15) is 0 Å². The van der Waals surface area contributed by atoms with E-state index in [1.54, 1.807) is 0 Å². The van der Waals surface area contributed by atoms with Gasteiger partial charge in [0.15, 0.2) is 11.5 Å². The fourth-order valence-electron chi connectivity index (χ4n) is 8.82. The summed E-state index contributed by atoms with van der Waals surface area (Å²) in [7, 11) is 0. The van der Waals surface area contributed by atoms with Crippen LogP contribution in [-0.2, 0) is 16.2 Å². The summed E-state index contributed by atoms with van der Waals surface area (Å²) in [5, 5.41) is 0. The third-order valence-electron chi connectivity index (χ3n) is 11.9. The molecule has 0 fully saturated rings. The Morgan fingerprint density at radius 1 is 0.482 bits per heavy atom. The van der Waals surface area contributed by atoms with Crippen LogP contribution in [0, 0.1) is 6.92 Å². The second-order valence-corrected chi connectivity index (χ2v) is 19.1. The Morgan fingerprint density at radius 3 is 1.61 bits per heavy atom. The molecule has 9 rings (SSSR count). The van der Waals surface area contributed by atoms with Crippen LogP contribution in [0.1, 0.15) is 84.6 Å². The van der Waals surface area contributed by atoms with Gasteiger partial charge in [-0.05, 0) is 121 Å². The minimum absolute atomic E-state index is 0.0156. The Labute approximate surface area is 334 Å². The van der Waals surface area contributed by atoms with Crippen molar-refractivity contribution in [3.63, 3.8) is 0 Å². The highest BCUT2D eigenvalue weighted by atomic mass is 16.6. The molecular formula is C51H53BN2O2. The Balaban J connectivity index is 1.38. The van der Waals surface area contributed by atoms with E-state index in [-0.39, 0.29) is 23.0 Å². The topological polar surface area (TPSA) is 24.9 Å². The van der Waals surface area contributed by atoms with Crippen LogP contribution in [0.3, 0.4) is 0 Å². The number of anilines is 6. The number of aryl methyl sites for hydroxylation is 1. The van der Waals surface area contributed by atoms with Gasteiger partial charge >= 0.3 is 0 Å². The predicted molar refractivity (Wildman–Crippen MR) is 238 cm³/mol. The van der Waals surface area contributed by atoms with Crippen molar-refractivity contribution in [2.24, 2.45) is 0 Å². The molecule has 0 N–H and O–H groups in total. The molecule has 3 aliphatic rings. The molecule has 5 heteroatoms. The molecule has 0 saturated heterocycles. The molecule has 6 aromatic carbocycles. The normalized spacial score (nSPS) is 14.6. The second-order valence-electron chi connectivity index (χ2n) is 19.1. The Kier molecular flexibility index (Phi) is 8.29. The molecule has 4 nitrogen and oxygen atoms in total. The number of nitrogens with zero attached hydrogens (tertiary/aromatic N) is 2. The molecular weight excluding hydrogens is 683 g/mol. The van der Waals surface area contributed by atoms with Crippen molar-refractivity contribution in [1.29, 1.82) is 0 Å². The third kappa shape index (κ3) is 5.98. The summed E-state index contributed by atoms with van der Waals surface area (Å²) in [5.74, 6) is 1.57. The highest BCUT2D eigenvalue weighted by Gasteiger charge is 2.45. The number of ether oxygens (including phenoxy) is 2. The highest BCUT2D eigenvalue weighted by Crippen LogP contribution is 2.51. The average Bonchev–Trinajstić information content (AvgIpc) is 3.16. The maximum absolute atomic E-state index is 6.60. The van der Waals surface area contributed by atoms with Crippen molar-refractivity contribution in [1.82, 2.24) is 0 Å². The first kappa shape index (κ1) is 36.2. The zero-order valence-corrected chi connectivity index (χ0v) is 34.7. The van der Waals surface area contributed by atoms with Gasteiger partial charge in [0.2, 0.25) is 0 Å². The molecule has 3 heterocycles. The Morgan fingerprint density at radius 2 is 1.02 bits per heavy atom. The summed E-state index contributed by atoms with van der Waals surface area (Å²) < 4.78 is 13.0. The van der Waals surface area contributed by atoms with Crippen molar-refractivity contribution in [2.45, 2.75) is 85.5 Å². The van der Waals surface area contributed by atoms with Gasteiger partial charge in [0.05, 0.1) is 5.69 Å². The van der Waals surface area contributed by atoms with E-state index in [2.05, 4.69) is 194 Å². The average molecular weight is 737 g/mol. The van der Waals surface area contributed by atoms with Crippen molar-refractivity contribution >= 4 is 57.2 Å². The number of hydrogen-bond acceptors (Lipinski definition) is 4. The summed E-state index contributed by atoms with van der Waals surface area (Å²) >= 11 is 0. The molecule has 6 aromatic rings. The van der Waals surface area contributed by atoms with Gasteiger partial charge < -0.3 is 19.3 Å². The molecule has 0 aromatic heterocycles. The summed E-state index contributed by atoms with van der Waals surface area (Å²) in [6.07, 6.45) is 0. The molecule has 56 heavy (non-hydrogen) atoms. The van der Waals surface area contributed by atoms with Crippen molar-refractivity contribution < 1.29 is 9.47 Å². The van der Waals surface area contributed by atoms with E-state index in [4.69, 9.17) is 9.47 Å². The lowest BCUT2D eigenvalue weighted by molar-refractivity contribution is 0.172. The van der Waals surface area contributed by atoms with Gasteiger partial charge in [-0.1, -0.05) is 129 Å². The SMILES string of the molecule is Cc1cc2c3c(c1)N(c1cc(-c4ccccc4)cc4c1OCCO4)c1ccc(C(C)(C)C)cc1B3c1cc(C(C)(C)C)ccc1N2c1ccc(C(C)(C)C)cc1. The first-order valence-electron chi connectivity index (χ1n) is 20.2. The van der Waals surface area contributed by atoms with E-state index in [1.165, 1.54) is 61.4 Å². The van der Waals surface area contributed by atoms with Crippen LogP contribution in [0.15, 0.2) is 115 Å². The van der Waals surface area contributed by atoms with Crippen LogP contribution in [0.2, 0.25) is 0 Å². The second kappa shape index (κ2) is 12.8. The number of hydrogen-bond donors (Lipinski definition) is 0. The fraction of sp³-hybridized carbons (Fsp3) is 0.294. The lowest BCUT2D eigenvalue weighted by Crippen LogP contribution is -2.61. The van der Waals surface area contributed by atoms with Gasteiger partial charge in [-0.3, -0.25) is 0 Å². The van der Waals surface area contributed by atoms with Gasteiger partial charge in [0, 0.05) is 28.4 Å². The van der Waals surface area contributed by atoms with Crippen LogP contribution < -0.4 is 35.7 Å².